The van der Waals surface area contributed by atoms with Crippen LogP contribution in [0, 0.1) is 0 Å². The van der Waals surface area contributed by atoms with Crippen molar-refractivity contribution in [2.75, 3.05) is 11.1 Å². The quantitative estimate of drug-likeness (QED) is 0.114. The average Bonchev–Trinajstić information content (AvgIpc) is 3.38. The lowest BCUT2D eigenvalue weighted by molar-refractivity contribution is -0.245. The van der Waals surface area contributed by atoms with E-state index in [2.05, 4.69) is 15.5 Å². The van der Waals surface area contributed by atoms with Gasteiger partial charge in [-0.3, -0.25) is 14.8 Å². The monoisotopic (exact) mass is 555 g/mol. The summed E-state index contributed by atoms with van der Waals surface area (Å²) in [7, 11) is 1.90. The molecular formula is C27H33N5O6S. The minimum absolute atomic E-state index is 0.0228. The van der Waals surface area contributed by atoms with E-state index in [4.69, 9.17) is 14.7 Å². The number of unbranched alkanes of at least 4 members (excludes halogenated alkanes) is 1. The van der Waals surface area contributed by atoms with Crippen molar-refractivity contribution in [2.45, 2.75) is 62.4 Å². The van der Waals surface area contributed by atoms with Crippen molar-refractivity contribution < 1.29 is 29.4 Å². The number of aryl methyl sites for hydroxylation is 1. The second kappa shape index (κ2) is 14.2. The third-order valence-corrected chi connectivity index (χ3v) is 7.47. The Kier molecular flexibility index (Phi) is 10.5. The van der Waals surface area contributed by atoms with Gasteiger partial charge in [0.05, 0.1) is 18.8 Å². The Bertz CT molecular complexity index is 1240. The van der Waals surface area contributed by atoms with E-state index in [0.29, 0.717) is 30.7 Å². The number of carbonyl (C=O) groups excluding carboxylic acids is 2. The number of nitrogens with one attached hydrogen (secondary N) is 2. The van der Waals surface area contributed by atoms with Gasteiger partial charge in [0, 0.05) is 43.3 Å². The number of aromatic nitrogens is 3. The van der Waals surface area contributed by atoms with Crippen molar-refractivity contribution >= 4 is 29.3 Å². The van der Waals surface area contributed by atoms with Gasteiger partial charge in [-0.05, 0) is 36.1 Å². The number of hydrogen-bond acceptors (Lipinski definition) is 9. The zero-order chi connectivity index (χ0) is 27.6. The van der Waals surface area contributed by atoms with Crippen LogP contribution in [0.5, 0.6) is 0 Å². The lowest BCUT2D eigenvalue weighted by Gasteiger charge is -2.36. The molecule has 4 N–H and O–H groups in total. The molecular weight excluding hydrogens is 522 g/mol. The van der Waals surface area contributed by atoms with E-state index in [0.717, 1.165) is 21.8 Å². The van der Waals surface area contributed by atoms with Crippen LogP contribution in [0.15, 0.2) is 60.0 Å². The lowest BCUT2D eigenvalue weighted by atomic mass is 10.0. The number of anilines is 1. The first kappa shape index (κ1) is 28.7. The minimum Gasteiger partial charge on any atom is -0.392 e. The van der Waals surface area contributed by atoms with Crippen molar-refractivity contribution in [1.29, 1.82) is 0 Å². The topological polar surface area (TPSA) is 148 Å². The molecule has 12 heteroatoms. The van der Waals surface area contributed by atoms with Crippen molar-refractivity contribution in [3.63, 3.8) is 0 Å². The van der Waals surface area contributed by atoms with Crippen LogP contribution in [-0.2, 0) is 32.7 Å². The van der Waals surface area contributed by atoms with Gasteiger partial charge in [-0.1, -0.05) is 48.2 Å². The van der Waals surface area contributed by atoms with Crippen LogP contribution in [0.3, 0.4) is 0 Å². The number of hydrogen-bond donors (Lipinski definition) is 4. The van der Waals surface area contributed by atoms with Gasteiger partial charge < -0.3 is 24.5 Å². The summed E-state index contributed by atoms with van der Waals surface area (Å²) in [5, 5.41) is 29.8. The Morgan fingerprint density at radius 2 is 1.85 bits per heavy atom. The number of aliphatic hydroxyl groups is 1. The average molecular weight is 556 g/mol. The molecule has 0 saturated carbocycles. The van der Waals surface area contributed by atoms with Gasteiger partial charge in [-0.2, -0.15) is 0 Å². The molecule has 3 aromatic rings. The molecule has 1 fully saturated rings. The molecule has 0 aliphatic carbocycles. The maximum Gasteiger partial charge on any atom is 0.243 e. The van der Waals surface area contributed by atoms with Gasteiger partial charge in [0.25, 0.3) is 0 Å². The fourth-order valence-electron chi connectivity index (χ4n) is 4.21. The van der Waals surface area contributed by atoms with E-state index in [1.54, 1.807) is 29.6 Å². The van der Waals surface area contributed by atoms with E-state index in [-0.39, 0.29) is 37.6 Å². The lowest BCUT2D eigenvalue weighted by Crippen LogP contribution is -2.31. The molecule has 4 rings (SSSR count). The largest absolute Gasteiger partial charge is 0.392 e. The zero-order valence-electron chi connectivity index (χ0n) is 21.7. The number of nitrogens with zero attached hydrogens (tertiary/aromatic N) is 3. The molecule has 0 unspecified atom stereocenters. The molecule has 3 atom stereocenters. The smallest absolute Gasteiger partial charge is 0.243 e. The number of aliphatic hydroxyl groups excluding tert-OH is 1. The van der Waals surface area contributed by atoms with Gasteiger partial charge in [0.2, 0.25) is 11.8 Å². The fraction of sp³-hybridized carbons (Fsp3) is 0.407. The first-order valence-corrected chi connectivity index (χ1v) is 13.7. The predicted octanol–water partition coefficient (Wildman–Crippen LogP) is 3.65. The van der Waals surface area contributed by atoms with E-state index in [1.807, 2.05) is 54.1 Å². The number of benzene rings is 2. The van der Waals surface area contributed by atoms with Crippen LogP contribution in [-0.4, -0.2) is 48.7 Å². The number of carbonyl (C=O) groups is 2. The van der Waals surface area contributed by atoms with Crippen molar-refractivity contribution in [1.82, 2.24) is 20.2 Å². The molecule has 2 amide bonds. The molecule has 0 bridgehead atoms. The number of amides is 2. The normalized spacial score (nSPS) is 19.0. The summed E-state index contributed by atoms with van der Waals surface area (Å²) in [6.45, 7) is -0.0228. The van der Waals surface area contributed by atoms with E-state index in [1.165, 1.54) is 0 Å². The van der Waals surface area contributed by atoms with E-state index >= 15 is 0 Å². The minimum atomic E-state index is -0.653. The van der Waals surface area contributed by atoms with Gasteiger partial charge >= 0.3 is 0 Å². The molecule has 0 radical (unpaired) electrons. The molecule has 2 heterocycles. The highest BCUT2D eigenvalue weighted by Crippen LogP contribution is 2.39. The van der Waals surface area contributed by atoms with Gasteiger partial charge in [-0.25, -0.2) is 5.48 Å². The van der Waals surface area contributed by atoms with Crippen molar-refractivity contribution in [3.8, 4) is 0 Å². The molecule has 208 valence electrons. The van der Waals surface area contributed by atoms with Crippen LogP contribution >= 0.6 is 11.8 Å². The summed E-state index contributed by atoms with van der Waals surface area (Å²) in [5.74, 6) is 0.0240. The third kappa shape index (κ3) is 8.35. The number of rotatable bonds is 12. The maximum absolute atomic E-state index is 12.4. The summed E-state index contributed by atoms with van der Waals surface area (Å²) < 4.78 is 14.6. The highest BCUT2D eigenvalue weighted by atomic mass is 32.2. The standard InChI is InChI=1S/C27H33N5O6S/c1-32-17-28-30-27(32)39-16-22-14-23(19-11-9-18(15-33)10-12-19)38-26(37-22)20-5-4-6-21(13-20)29-24(34)7-2-3-8-25(35)31-36/h4-6,9-13,17,22-23,26,33,36H,2-3,7-8,14-16H2,1H3,(H,29,34)(H,31,35)/t22-,23+,26+/m1/s1. The number of thioether (sulfide) groups is 1. The predicted molar refractivity (Wildman–Crippen MR) is 144 cm³/mol. The van der Waals surface area contributed by atoms with Crippen LogP contribution in [0.2, 0.25) is 0 Å². The first-order valence-electron chi connectivity index (χ1n) is 12.8. The zero-order valence-corrected chi connectivity index (χ0v) is 22.5. The molecule has 1 saturated heterocycles. The Morgan fingerprint density at radius 3 is 2.54 bits per heavy atom. The van der Waals surface area contributed by atoms with E-state index < -0.39 is 12.2 Å². The second-order valence-corrected chi connectivity index (χ2v) is 10.3. The Morgan fingerprint density at radius 1 is 1.08 bits per heavy atom. The fourth-order valence-corrected chi connectivity index (χ4v) is 5.11. The number of hydroxylamine groups is 1. The SMILES string of the molecule is Cn1cnnc1SC[C@H]1C[C@@H](c2ccc(CO)cc2)O[C@@H](c2cccc(NC(=O)CCCCC(=O)NO)c2)O1. The highest BCUT2D eigenvalue weighted by Gasteiger charge is 2.32. The Balaban J connectivity index is 1.43. The summed E-state index contributed by atoms with van der Waals surface area (Å²) >= 11 is 1.56. The van der Waals surface area contributed by atoms with Gasteiger partial charge in [0.15, 0.2) is 11.4 Å². The molecule has 39 heavy (non-hydrogen) atoms. The third-order valence-electron chi connectivity index (χ3n) is 6.31. The second-order valence-electron chi connectivity index (χ2n) is 9.30. The molecule has 0 spiro atoms. The summed E-state index contributed by atoms with van der Waals surface area (Å²) in [6.07, 6.45) is 2.73. The van der Waals surface area contributed by atoms with Crippen LogP contribution in [0.25, 0.3) is 0 Å². The molecule has 1 aliphatic heterocycles. The molecule has 1 aliphatic rings. The van der Waals surface area contributed by atoms with Crippen LogP contribution in [0.4, 0.5) is 5.69 Å². The highest BCUT2D eigenvalue weighted by molar-refractivity contribution is 7.99. The number of ether oxygens (including phenoxy) is 2. The van der Waals surface area contributed by atoms with E-state index in [9.17, 15) is 14.7 Å². The van der Waals surface area contributed by atoms with Crippen molar-refractivity contribution in [3.05, 3.63) is 71.5 Å². The Hall–Kier alpha value is -3.29. The molecule has 2 aromatic carbocycles. The molecule has 1 aromatic heterocycles. The maximum atomic E-state index is 12.4. The summed E-state index contributed by atoms with van der Waals surface area (Å²) in [6, 6.07) is 15.1. The molecule has 11 nitrogen and oxygen atoms in total. The van der Waals surface area contributed by atoms with Crippen LogP contribution in [0.1, 0.15) is 61.2 Å². The van der Waals surface area contributed by atoms with Crippen molar-refractivity contribution in [2.24, 2.45) is 7.05 Å². The first-order chi connectivity index (χ1) is 18.9. The van der Waals surface area contributed by atoms with Crippen LogP contribution < -0.4 is 10.8 Å². The Labute approximate surface area is 230 Å². The summed E-state index contributed by atoms with van der Waals surface area (Å²) in [4.78, 5) is 23.5. The van der Waals surface area contributed by atoms with Gasteiger partial charge in [0.1, 0.15) is 6.33 Å². The summed E-state index contributed by atoms with van der Waals surface area (Å²) in [5.41, 5.74) is 4.81. The van der Waals surface area contributed by atoms with Gasteiger partial charge in [-0.15, -0.1) is 10.2 Å².